The smallest absolute Gasteiger partial charge is 0.188 e. The number of benzene rings is 7. The lowest BCUT2D eigenvalue weighted by atomic mass is 9.95. The van der Waals surface area contributed by atoms with E-state index in [2.05, 4.69) is 129 Å². The fourth-order valence-corrected chi connectivity index (χ4v) is 7.24. The minimum Gasteiger partial charge on any atom is -0.309 e. The third-order valence-corrected chi connectivity index (χ3v) is 9.40. The van der Waals surface area contributed by atoms with Crippen LogP contribution in [0.15, 0.2) is 158 Å². The van der Waals surface area contributed by atoms with Gasteiger partial charge in [0.2, 0.25) is 0 Å². The monoisotopic (exact) mass is 610 g/mol. The minimum absolute atomic E-state index is 0.614. The molecule has 9 aromatic rings. The standard InChI is InChI=1S/C44H26N4/c1-46-32-21-25-43-39(27-32)38-14-6-9-17-42(38)48(43)44-26-30(34-11-3-2-10-31(34)28-45)20-24-35(44)29-18-22-33(23-19-29)47-40-15-7-4-12-36(40)37-13-5-8-16-41(37)47/h2-27H. The van der Waals surface area contributed by atoms with Crippen LogP contribution < -0.4 is 0 Å². The third kappa shape index (κ3) is 4.14. The Kier molecular flexibility index (Phi) is 6.22. The number of rotatable bonds is 4. The normalized spacial score (nSPS) is 11.3. The van der Waals surface area contributed by atoms with Crippen LogP contribution in [0.4, 0.5) is 5.69 Å². The topological polar surface area (TPSA) is 38.0 Å². The van der Waals surface area contributed by atoms with Crippen molar-refractivity contribution in [2.45, 2.75) is 0 Å². The van der Waals surface area contributed by atoms with Crippen molar-refractivity contribution in [3.8, 4) is 39.7 Å². The highest BCUT2D eigenvalue weighted by Gasteiger charge is 2.18. The Bertz CT molecular complexity index is 2750. The van der Waals surface area contributed by atoms with E-state index >= 15 is 0 Å². The molecule has 0 aliphatic rings. The summed E-state index contributed by atoms with van der Waals surface area (Å²) in [6, 6.07) is 56.8. The Balaban J connectivity index is 1.29. The average molecular weight is 611 g/mol. The van der Waals surface area contributed by atoms with Gasteiger partial charge in [-0.1, -0.05) is 103 Å². The molecule has 0 saturated carbocycles. The summed E-state index contributed by atoms with van der Waals surface area (Å²) < 4.78 is 4.63. The highest BCUT2D eigenvalue weighted by Crippen LogP contribution is 2.40. The van der Waals surface area contributed by atoms with Crippen LogP contribution in [0, 0.1) is 17.9 Å². The summed E-state index contributed by atoms with van der Waals surface area (Å²) in [5.74, 6) is 0. The number of fused-ring (bicyclic) bond motifs is 6. The van der Waals surface area contributed by atoms with Crippen LogP contribution in [0.5, 0.6) is 0 Å². The summed E-state index contributed by atoms with van der Waals surface area (Å²) in [5, 5.41) is 14.6. The largest absolute Gasteiger partial charge is 0.309 e. The third-order valence-electron chi connectivity index (χ3n) is 9.40. The first-order valence-electron chi connectivity index (χ1n) is 15.9. The van der Waals surface area contributed by atoms with Gasteiger partial charge in [0.15, 0.2) is 5.69 Å². The van der Waals surface area contributed by atoms with Crippen LogP contribution in [0.25, 0.3) is 82.1 Å². The predicted molar refractivity (Wildman–Crippen MR) is 197 cm³/mol. The Hall–Kier alpha value is -6.88. The van der Waals surface area contributed by atoms with Crippen LogP contribution in [-0.2, 0) is 0 Å². The molecular formula is C44H26N4. The second kappa shape index (κ2) is 10.9. The molecular weight excluding hydrogens is 585 g/mol. The molecule has 0 aliphatic carbocycles. The van der Waals surface area contributed by atoms with E-state index in [0.717, 1.165) is 55.4 Å². The quantitative estimate of drug-likeness (QED) is 0.183. The van der Waals surface area contributed by atoms with Crippen molar-refractivity contribution in [1.29, 1.82) is 5.26 Å². The molecule has 0 spiro atoms. The highest BCUT2D eigenvalue weighted by molar-refractivity contribution is 6.11. The molecule has 0 aliphatic heterocycles. The van der Waals surface area contributed by atoms with Crippen molar-refractivity contribution in [2.24, 2.45) is 0 Å². The van der Waals surface area contributed by atoms with Crippen LogP contribution in [0.3, 0.4) is 0 Å². The lowest BCUT2D eigenvalue weighted by molar-refractivity contribution is 1.17. The van der Waals surface area contributed by atoms with Gasteiger partial charge in [0, 0.05) is 27.4 Å². The first-order valence-corrected chi connectivity index (χ1v) is 15.9. The molecule has 0 unspecified atom stereocenters. The molecule has 222 valence electrons. The van der Waals surface area contributed by atoms with Crippen LogP contribution in [0.1, 0.15) is 5.56 Å². The van der Waals surface area contributed by atoms with Crippen molar-refractivity contribution in [3.63, 3.8) is 0 Å². The van der Waals surface area contributed by atoms with E-state index in [4.69, 9.17) is 6.57 Å². The second-order valence-electron chi connectivity index (χ2n) is 12.0. The Morgan fingerprint density at radius 3 is 1.71 bits per heavy atom. The Labute approximate surface area is 277 Å². The predicted octanol–water partition coefficient (Wildman–Crippen LogP) is 11.6. The fourth-order valence-electron chi connectivity index (χ4n) is 7.24. The average Bonchev–Trinajstić information content (AvgIpc) is 3.67. The van der Waals surface area contributed by atoms with Crippen molar-refractivity contribution in [2.75, 3.05) is 0 Å². The summed E-state index contributed by atoms with van der Waals surface area (Å²) in [6.45, 7) is 7.65. The first-order chi connectivity index (χ1) is 23.7. The van der Waals surface area contributed by atoms with Crippen molar-refractivity contribution < 1.29 is 0 Å². The van der Waals surface area contributed by atoms with E-state index in [9.17, 15) is 5.26 Å². The number of hydrogen-bond acceptors (Lipinski definition) is 1. The van der Waals surface area contributed by atoms with E-state index in [1.807, 2.05) is 48.5 Å². The Morgan fingerprint density at radius 2 is 1.04 bits per heavy atom. The van der Waals surface area contributed by atoms with Crippen LogP contribution in [-0.4, -0.2) is 9.13 Å². The van der Waals surface area contributed by atoms with E-state index in [0.29, 0.717) is 11.3 Å². The summed E-state index contributed by atoms with van der Waals surface area (Å²) >= 11 is 0. The SMILES string of the molecule is [C-]#[N+]c1ccc2c(c1)c1ccccc1n2-c1cc(-c2ccccc2C#N)ccc1-c1ccc(-n2c3ccccc3c3ccccc32)cc1. The highest BCUT2D eigenvalue weighted by atomic mass is 15.0. The maximum Gasteiger partial charge on any atom is 0.188 e. The van der Waals surface area contributed by atoms with Gasteiger partial charge in [0.25, 0.3) is 0 Å². The van der Waals surface area contributed by atoms with Crippen molar-refractivity contribution in [3.05, 3.63) is 175 Å². The van der Waals surface area contributed by atoms with Gasteiger partial charge in [-0.15, -0.1) is 0 Å². The molecule has 4 heteroatoms. The molecule has 0 radical (unpaired) electrons. The Morgan fingerprint density at radius 1 is 0.479 bits per heavy atom. The van der Waals surface area contributed by atoms with Gasteiger partial charge < -0.3 is 9.13 Å². The maximum absolute atomic E-state index is 9.95. The first kappa shape index (κ1) is 27.4. The molecule has 7 aromatic carbocycles. The maximum atomic E-state index is 9.95. The van der Waals surface area contributed by atoms with Gasteiger partial charge in [-0.3, -0.25) is 0 Å². The van der Waals surface area contributed by atoms with Gasteiger partial charge in [0.05, 0.1) is 46.0 Å². The molecule has 9 rings (SSSR count). The van der Waals surface area contributed by atoms with E-state index < -0.39 is 0 Å². The lowest BCUT2D eigenvalue weighted by Crippen LogP contribution is -1.99. The summed E-state index contributed by atoms with van der Waals surface area (Å²) in [6.07, 6.45) is 0. The minimum atomic E-state index is 0.614. The molecule has 4 nitrogen and oxygen atoms in total. The van der Waals surface area contributed by atoms with Gasteiger partial charge in [-0.2, -0.15) is 5.26 Å². The van der Waals surface area contributed by atoms with Gasteiger partial charge >= 0.3 is 0 Å². The summed E-state index contributed by atoms with van der Waals surface area (Å²) in [5.41, 5.74) is 11.8. The molecule has 2 aromatic heterocycles. The molecule has 48 heavy (non-hydrogen) atoms. The molecule has 2 heterocycles. The van der Waals surface area contributed by atoms with E-state index in [-0.39, 0.29) is 0 Å². The zero-order valence-corrected chi connectivity index (χ0v) is 25.8. The number of para-hydroxylation sites is 3. The van der Waals surface area contributed by atoms with Crippen molar-refractivity contribution >= 4 is 49.3 Å². The van der Waals surface area contributed by atoms with E-state index in [1.165, 1.54) is 21.8 Å². The second-order valence-corrected chi connectivity index (χ2v) is 12.0. The van der Waals surface area contributed by atoms with Crippen molar-refractivity contribution in [1.82, 2.24) is 9.13 Å². The summed E-state index contributed by atoms with van der Waals surface area (Å²) in [7, 11) is 0. The molecule has 0 fully saturated rings. The van der Waals surface area contributed by atoms with Gasteiger partial charge in [-0.05, 0) is 76.7 Å². The van der Waals surface area contributed by atoms with Crippen LogP contribution >= 0.6 is 0 Å². The molecule has 0 amide bonds. The van der Waals surface area contributed by atoms with E-state index in [1.54, 1.807) is 0 Å². The fraction of sp³-hybridized carbons (Fsp3) is 0. The number of nitrogens with zero attached hydrogens (tertiary/aromatic N) is 4. The van der Waals surface area contributed by atoms with Crippen LogP contribution in [0.2, 0.25) is 0 Å². The molecule has 0 saturated heterocycles. The zero-order chi connectivity index (χ0) is 32.2. The number of hydrogen-bond donors (Lipinski definition) is 0. The number of nitriles is 1. The molecule has 0 bridgehead atoms. The van der Waals surface area contributed by atoms with Gasteiger partial charge in [0.1, 0.15) is 0 Å². The molecule has 0 N–H and O–H groups in total. The number of aromatic nitrogens is 2. The summed E-state index contributed by atoms with van der Waals surface area (Å²) in [4.78, 5) is 3.72. The lowest BCUT2D eigenvalue weighted by Gasteiger charge is -2.17. The zero-order valence-electron chi connectivity index (χ0n) is 25.8. The molecule has 0 atom stereocenters. The van der Waals surface area contributed by atoms with Gasteiger partial charge in [-0.25, -0.2) is 4.85 Å².